The van der Waals surface area contributed by atoms with Crippen LogP contribution in [0.4, 0.5) is 0 Å². The molecule has 1 N–H and O–H groups in total. The highest BCUT2D eigenvalue weighted by molar-refractivity contribution is 7.89. The van der Waals surface area contributed by atoms with Crippen molar-refractivity contribution in [2.24, 2.45) is 5.92 Å². The highest BCUT2D eigenvalue weighted by Gasteiger charge is 2.53. The van der Waals surface area contributed by atoms with Crippen LogP contribution in [0.5, 0.6) is 0 Å². The molecule has 1 atom stereocenters. The number of carbonyl (C=O) groups excluding carboxylic acids is 2. The summed E-state index contributed by atoms with van der Waals surface area (Å²) in [6.45, 7) is 17.6. The molecule has 0 aliphatic carbocycles. The van der Waals surface area contributed by atoms with Gasteiger partial charge < -0.3 is 10.2 Å². The summed E-state index contributed by atoms with van der Waals surface area (Å²) in [6, 6.07) is 6.47. The van der Waals surface area contributed by atoms with E-state index in [0.29, 0.717) is 64.4 Å². The third-order valence-electron chi connectivity index (χ3n) is 9.18. The fourth-order valence-electron chi connectivity index (χ4n) is 6.58. The number of hydrogen-bond acceptors (Lipinski definition) is 6. The quantitative estimate of drug-likeness (QED) is 0.341. The fourth-order valence-corrected chi connectivity index (χ4v) is 8.03. The topological polar surface area (TPSA) is 108 Å². The van der Waals surface area contributed by atoms with Gasteiger partial charge in [0.1, 0.15) is 11.6 Å². The Balaban J connectivity index is 0.00000353. The van der Waals surface area contributed by atoms with E-state index in [2.05, 4.69) is 31.0 Å². The molecule has 4 rings (SSSR count). The molecule has 1 aromatic heterocycles. The van der Waals surface area contributed by atoms with Gasteiger partial charge in [0.25, 0.3) is 0 Å². The molecular weight excluding hydrogens is 635 g/mol. The average Bonchev–Trinajstić information content (AvgIpc) is 3.25. The Kier molecular flexibility index (Phi) is 13.9. The summed E-state index contributed by atoms with van der Waals surface area (Å²) in [5.74, 6) is 0.392. The summed E-state index contributed by atoms with van der Waals surface area (Å²) >= 11 is 0. The molecule has 45 heavy (non-hydrogen) atoms. The van der Waals surface area contributed by atoms with E-state index in [4.69, 9.17) is 5.10 Å². The predicted molar refractivity (Wildman–Crippen MR) is 183 cm³/mol. The zero-order chi connectivity index (χ0) is 31.5. The number of sulfonamides is 1. The Morgan fingerprint density at radius 2 is 1.62 bits per heavy atom. The fraction of sp³-hybridized carbons (Fsp3) is 0.656. The highest BCUT2D eigenvalue weighted by Crippen LogP contribution is 2.35. The van der Waals surface area contributed by atoms with Crippen molar-refractivity contribution in [1.29, 1.82) is 0 Å². The van der Waals surface area contributed by atoms with Crippen LogP contribution >= 0.6 is 24.8 Å². The third kappa shape index (κ3) is 7.87. The summed E-state index contributed by atoms with van der Waals surface area (Å²) < 4.78 is 29.2. The zero-order valence-electron chi connectivity index (χ0n) is 27.8. The predicted octanol–water partition coefficient (Wildman–Crippen LogP) is 4.87. The molecule has 0 saturated carbocycles. The van der Waals surface area contributed by atoms with Gasteiger partial charge in [-0.25, -0.2) is 13.1 Å². The molecule has 10 nitrogen and oxygen atoms in total. The van der Waals surface area contributed by atoms with Gasteiger partial charge in [-0.1, -0.05) is 41.0 Å². The standard InChI is InChI=1S/C32H50N6O4S.2ClH/c1-8-11-18-37-30(39)29(21-23(4)5)33-31(40)32(37)16-19-35(20-17-32)22-28-24(6)34-38(25(28)7)26-12-14-27(15-13-26)43(41,42)36(9-2)10-3;;/h12-15,23,29H,8-11,16-22H2,1-7H3,(H,33,40);2*1H/t29-;;/m0../s1. The van der Waals surface area contributed by atoms with E-state index in [-0.39, 0.29) is 41.5 Å². The monoisotopic (exact) mass is 686 g/mol. The number of hydrogen-bond donors (Lipinski definition) is 1. The van der Waals surface area contributed by atoms with Crippen molar-refractivity contribution in [3.8, 4) is 5.69 Å². The zero-order valence-corrected chi connectivity index (χ0v) is 30.3. The van der Waals surface area contributed by atoms with E-state index >= 15 is 0 Å². The minimum absolute atomic E-state index is 0. The largest absolute Gasteiger partial charge is 0.342 e. The maximum atomic E-state index is 13.6. The molecule has 2 fully saturated rings. The molecule has 0 radical (unpaired) electrons. The van der Waals surface area contributed by atoms with Crippen LogP contribution < -0.4 is 5.32 Å². The lowest BCUT2D eigenvalue weighted by molar-refractivity contribution is -0.161. The minimum atomic E-state index is -3.53. The van der Waals surface area contributed by atoms with Crippen LogP contribution in [-0.2, 0) is 26.2 Å². The number of unbranched alkanes of at least 4 members (excludes halogenated alkanes) is 1. The second-order valence-electron chi connectivity index (χ2n) is 12.5. The first-order chi connectivity index (χ1) is 20.4. The second-order valence-corrected chi connectivity index (χ2v) is 14.4. The number of carbonyl (C=O) groups is 2. The molecule has 1 aromatic carbocycles. The van der Waals surface area contributed by atoms with Crippen LogP contribution in [-0.4, -0.2) is 88.4 Å². The van der Waals surface area contributed by atoms with Gasteiger partial charge in [-0.3, -0.25) is 14.5 Å². The first kappa shape index (κ1) is 39.0. The summed E-state index contributed by atoms with van der Waals surface area (Å²) in [7, 11) is -3.53. The van der Waals surface area contributed by atoms with Gasteiger partial charge in [-0.15, -0.1) is 24.8 Å². The van der Waals surface area contributed by atoms with Crippen molar-refractivity contribution < 1.29 is 18.0 Å². The Morgan fingerprint density at radius 3 is 2.16 bits per heavy atom. The number of likely N-dealkylation sites (tertiary alicyclic amines) is 1. The van der Waals surface area contributed by atoms with Gasteiger partial charge in [0, 0.05) is 50.5 Å². The van der Waals surface area contributed by atoms with Gasteiger partial charge >= 0.3 is 0 Å². The van der Waals surface area contributed by atoms with Crippen LogP contribution in [0.25, 0.3) is 5.69 Å². The Labute approximate surface area is 282 Å². The Morgan fingerprint density at radius 1 is 1.02 bits per heavy atom. The van der Waals surface area contributed by atoms with Crippen molar-refractivity contribution in [2.75, 3.05) is 32.7 Å². The van der Waals surface area contributed by atoms with E-state index in [9.17, 15) is 18.0 Å². The number of rotatable bonds is 12. The second kappa shape index (κ2) is 16.1. The van der Waals surface area contributed by atoms with Crippen molar-refractivity contribution in [3.05, 3.63) is 41.2 Å². The summed E-state index contributed by atoms with van der Waals surface area (Å²) in [6.07, 6.45) is 3.74. The van der Waals surface area contributed by atoms with Crippen LogP contribution in [0, 0.1) is 19.8 Å². The number of halogens is 2. The molecular formula is C32H52Cl2N6O4S. The maximum absolute atomic E-state index is 13.6. The molecule has 2 aliphatic heterocycles. The van der Waals surface area contributed by atoms with Crippen LogP contribution in [0.2, 0.25) is 0 Å². The number of aryl methyl sites for hydroxylation is 1. The number of piperidine rings is 1. The van der Waals surface area contributed by atoms with Gasteiger partial charge in [-0.2, -0.15) is 9.40 Å². The first-order valence-electron chi connectivity index (χ1n) is 15.9. The van der Waals surface area contributed by atoms with Crippen LogP contribution in [0.15, 0.2) is 29.2 Å². The molecule has 254 valence electrons. The number of amides is 2. The minimum Gasteiger partial charge on any atom is -0.342 e. The molecule has 2 aliphatic rings. The number of nitrogens with one attached hydrogen (secondary N) is 1. The van der Waals surface area contributed by atoms with Crippen LogP contribution in [0.3, 0.4) is 0 Å². The van der Waals surface area contributed by atoms with Gasteiger partial charge in [-0.05, 0) is 69.7 Å². The molecule has 2 amide bonds. The third-order valence-corrected chi connectivity index (χ3v) is 11.2. The summed E-state index contributed by atoms with van der Waals surface area (Å²) in [4.78, 5) is 31.7. The van der Waals surface area contributed by atoms with Crippen molar-refractivity contribution in [2.45, 2.75) is 104 Å². The van der Waals surface area contributed by atoms with E-state index in [1.165, 1.54) is 4.31 Å². The molecule has 1 spiro atoms. The molecule has 0 unspecified atom stereocenters. The van der Waals surface area contributed by atoms with Gasteiger partial charge in [0.15, 0.2) is 0 Å². The van der Waals surface area contributed by atoms with E-state index in [0.717, 1.165) is 35.5 Å². The lowest BCUT2D eigenvalue weighted by Gasteiger charge is -2.52. The molecule has 3 heterocycles. The molecule has 2 aromatic rings. The maximum Gasteiger partial charge on any atom is 0.246 e. The van der Waals surface area contributed by atoms with Gasteiger partial charge in [0.2, 0.25) is 21.8 Å². The first-order valence-corrected chi connectivity index (χ1v) is 17.3. The Bertz CT molecular complexity index is 1400. The average molecular weight is 688 g/mol. The number of benzene rings is 1. The molecule has 0 bridgehead atoms. The molecule has 13 heteroatoms. The van der Waals surface area contributed by atoms with Crippen LogP contribution in [0.1, 0.15) is 83.7 Å². The van der Waals surface area contributed by atoms with Crippen molar-refractivity contribution >= 4 is 46.7 Å². The lowest BCUT2D eigenvalue weighted by Crippen LogP contribution is -2.73. The van der Waals surface area contributed by atoms with Gasteiger partial charge in [0.05, 0.1) is 16.3 Å². The van der Waals surface area contributed by atoms with Crippen molar-refractivity contribution in [1.82, 2.24) is 29.2 Å². The number of piperazine rings is 1. The van der Waals surface area contributed by atoms with E-state index < -0.39 is 21.6 Å². The normalized spacial score (nSPS) is 18.7. The SMILES string of the molecule is CCCCN1C(=O)[C@H](CC(C)C)NC(=O)C12CCN(Cc1c(C)nn(-c3ccc(S(=O)(=O)N(CC)CC)cc3)c1C)CC2.Cl.Cl. The lowest BCUT2D eigenvalue weighted by atomic mass is 9.80. The smallest absolute Gasteiger partial charge is 0.246 e. The van der Waals surface area contributed by atoms with Crippen molar-refractivity contribution in [3.63, 3.8) is 0 Å². The number of nitrogens with zero attached hydrogens (tertiary/aromatic N) is 5. The number of aromatic nitrogens is 2. The highest BCUT2D eigenvalue weighted by atomic mass is 35.5. The summed E-state index contributed by atoms with van der Waals surface area (Å²) in [5.41, 5.74) is 3.08. The van der Waals surface area contributed by atoms with E-state index in [1.807, 2.05) is 37.3 Å². The molecule has 2 saturated heterocycles. The van der Waals surface area contributed by atoms with E-state index in [1.54, 1.807) is 24.3 Å². The summed E-state index contributed by atoms with van der Waals surface area (Å²) in [5, 5.41) is 7.89. The Hall–Kier alpha value is -2.18.